The van der Waals surface area contributed by atoms with Gasteiger partial charge in [-0.05, 0) is 35.4 Å². The van der Waals surface area contributed by atoms with Crippen LogP contribution in [-0.2, 0) is 23.0 Å². The van der Waals surface area contributed by atoms with Gasteiger partial charge in [0, 0.05) is 5.39 Å². The first-order valence-electron chi connectivity index (χ1n) is 5.98. The molecule has 96 valence electrons. The fraction of sp³-hybridized carbons (Fsp3) is 0.286. The van der Waals surface area contributed by atoms with Crippen LogP contribution < -0.4 is 51.4 Å². The molecule has 0 aromatic heterocycles. The van der Waals surface area contributed by atoms with Gasteiger partial charge in [0.2, 0.25) is 0 Å². The minimum absolute atomic E-state index is 0. The van der Waals surface area contributed by atoms with Crippen molar-refractivity contribution in [2.24, 2.45) is 0 Å². The van der Waals surface area contributed by atoms with E-state index >= 15 is 0 Å². The van der Waals surface area contributed by atoms with Gasteiger partial charge in [-0.1, -0.05) is 38.1 Å². The molecule has 0 aliphatic heterocycles. The van der Waals surface area contributed by atoms with Gasteiger partial charge in [0.1, 0.15) is 10.1 Å². The molecule has 2 rings (SSSR count). The van der Waals surface area contributed by atoms with Crippen molar-refractivity contribution in [1.29, 1.82) is 0 Å². The molecule has 0 unspecified atom stereocenters. The van der Waals surface area contributed by atoms with Crippen LogP contribution in [0, 0.1) is 0 Å². The molecule has 0 amide bonds. The number of rotatable bonds is 3. The molecule has 0 saturated carbocycles. The minimum Gasteiger partial charge on any atom is -0.744 e. The van der Waals surface area contributed by atoms with Crippen molar-refractivity contribution in [1.82, 2.24) is 0 Å². The molecular weight excluding hydrogens is 287 g/mol. The van der Waals surface area contributed by atoms with Crippen LogP contribution in [0.2, 0.25) is 0 Å². The number of fused-ring (bicyclic) bond motifs is 1. The fourth-order valence-corrected chi connectivity index (χ4v) is 3.05. The number of hydrogen-bond donors (Lipinski definition) is 0. The summed E-state index contributed by atoms with van der Waals surface area (Å²) < 4.78 is 34.1. The van der Waals surface area contributed by atoms with Gasteiger partial charge in [-0.3, -0.25) is 0 Å². The average Bonchev–Trinajstić information content (AvgIpc) is 2.35. The van der Waals surface area contributed by atoms with Crippen LogP contribution in [0.5, 0.6) is 0 Å². The molecule has 0 spiro atoms. The van der Waals surface area contributed by atoms with Crippen LogP contribution in [0.1, 0.15) is 25.0 Å². The van der Waals surface area contributed by atoms with E-state index in [9.17, 15) is 13.0 Å². The molecule has 0 radical (unpaired) electrons. The number of benzene rings is 2. The van der Waals surface area contributed by atoms with Crippen LogP contribution in [0.25, 0.3) is 10.8 Å². The summed E-state index contributed by atoms with van der Waals surface area (Å²) in [6, 6.07) is 8.81. The summed E-state index contributed by atoms with van der Waals surface area (Å²) >= 11 is 0. The zero-order valence-corrected chi connectivity index (χ0v) is 15.4. The van der Waals surface area contributed by atoms with E-state index in [-0.39, 0.29) is 56.3 Å². The van der Waals surface area contributed by atoms with Gasteiger partial charge in [0.15, 0.2) is 0 Å². The van der Waals surface area contributed by atoms with E-state index in [4.69, 9.17) is 0 Å². The molecule has 19 heavy (non-hydrogen) atoms. The molecule has 0 bridgehead atoms. The molecule has 0 atom stereocenters. The molecular formula is C14H15KO3S. The maximum Gasteiger partial charge on any atom is 1.00 e. The van der Waals surface area contributed by atoms with Crippen molar-refractivity contribution in [2.75, 3.05) is 0 Å². The van der Waals surface area contributed by atoms with Crippen LogP contribution in [0.4, 0.5) is 0 Å². The van der Waals surface area contributed by atoms with Gasteiger partial charge in [0.25, 0.3) is 0 Å². The zero-order valence-electron chi connectivity index (χ0n) is 11.4. The predicted molar refractivity (Wildman–Crippen MR) is 70.7 cm³/mol. The molecule has 2 aromatic carbocycles. The second kappa shape index (κ2) is 6.80. The van der Waals surface area contributed by atoms with Crippen LogP contribution in [-0.4, -0.2) is 13.0 Å². The monoisotopic (exact) mass is 302 g/mol. The maximum atomic E-state index is 11.4. The van der Waals surface area contributed by atoms with Gasteiger partial charge in [-0.15, -0.1) is 0 Å². The quantitative estimate of drug-likeness (QED) is 0.586. The second-order valence-corrected chi connectivity index (χ2v) is 5.57. The van der Waals surface area contributed by atoms with Gasteiger partial charge in [-0.2, -0.15) is 0 Å². The Morgan fingerprint density at radius 2 is 1.58 bits per heavy atom. The number of aryl methyl sites for hydroxylation is 2. The zero-order chi connectivity index (χ0) is 13.3. The Hall–Kier alpha value is 0.246. The van der Waals surface area contributed by atoms with Crippen molar-refractivity contribution in [2.45, 2.75) is 31.6 Å². The Bertz CT molecular complexity index is 693. The van der Waals surface area contributed by atoms with Crippen molar-refractivity contribution in [3.63, 3.8) is 0 Å². The van der Waals surface area contributed by atoms with Crippen molar-refractivity contribution < 1.29 is 64.4 Å². The number of hydrogen-bond acceptors (Lipinski definition) is 3. The van der Waals surface area contributed by atoms with Gasteiger partial charge < -0.3 is 4.55 Å². The summed E-state index contributed by atoms with van der Waals surface area (Å²) in [5.74, 6) is 0. The smallest absolute Gasteiger partial charge is 0.744 e. The Balaban J connectivity index is 0.00000180. The predicted octanol–water partition coefficient (Wildman–Crippen LogP) is -0.127. The first-order chi connectivity index (χ1) is 8.49. The third-order valence-corrected chi connectivity index (χ3v) is 4.09. The maximum absolute atomic E-state index is 11.4. The fourth-order valence-electron chi connectivity index (χ4n) is 2.32. The molecule has 0 aliphatic rings. The SMILES string of the molecule is CCc1ccc(CC)c2c(S(=O)(=O)[O-])cccc12.[K+]. The molecule has 0 fully saturated rings. The Morgan fingerprint density at radius 1 is 1.00 bits per heavy atom. The van der Waals surface area contributed by atoms with E-state index in [0.29, 0.717) is 11.8 Å². The van der Waals surface area contributed by atoms with Gasteiger partial charge in [-0.25, -0.2) is 8.42 Å². The molecule has 2 aromatic rings. The molecule has 5 heteroatoms. The second-order valence-electron chi connectivity index (χ2n) is 4.22. The van der Waals surface area contributed by atoms with Gasteiger partial charge >= 0.3 is 51.4 Å². The topological polar surface area (TPSA) is 57.2 Å². The summed E-state index contributed by atoms with van der Waals surface area (Å²) in [5.41, 5.74) is 1.96. The van der Waals surface area contributed by atoms with Crippen molar-refractivity contribution >= 4 is 20.9 Å². The van der Waals surface area contributed by atoms with Crippen LogP contribution in [0.3, 0.4) is 0 Å². The first kappa shape index (κ1) is 17.3. The Labute approximate surface area is 156 Å². The molecule has 0 aliphatic carbocycles. The summed E-state index contributed by atoms with van der Waals surface area (Å²) in [6.45, 7) is 3.97. The Kier molecular flexibility index (Phi) is 6.19. The van der Waals surface area contributed by atoms with Crippen molar-refractivity contribution in [3.05, 3.63) is 41.5 Å². The molecule has 0 heterocycles. The van der Waals surface area contributed by atoms with E-state index in [1.807, 2.05) is 32.0 Å². The van der Waals surface area contributed by atoms with Crippen LogP contribution >= 0.6 is 0 Å². The molecule has 0 saturated heterocycles. The summed E-state index contributed by atoms with van der Waals surface area (Å²) in [4.78, 5) is -0.104. The normalized spacial score (nSPS) is 11.3. The third-order valence-electron chi connectivity index (χ3n) is 3.21. The molecule has 0 N–H and O–H groups in total. The van der Waals surface area contributed by atoms with Crippen LogP contribution in [0.15, 0.2) is 35.2 Å². The van der Waals surface area contributed by atoms with E-state index < -0.39 is 10.1 Å². The Morgan fingerprint density at radius 3 is 2.11 bits per heavy atom. The average molecular weight is 302 g/mol. The van der Waals surface area contributed by atoms with E-state index in [0.717, 1.165) is 22.9 Å². The summed E-state index contributed by atoms with van der Waals surface area (Å²) in [5, 5.41) is 1.46. The van der Waals surface area contributed by atoms with E-state index in [1.165, 1.54) is 6.07 Å². The molecule has 3 nitrogen and oxygen atoms in total. The van der Waals surface area contributed by atoms with E-state index in [2.05, 4.69) is 0 Å². The van der Waals surface area contributed by atoms with E-state index in [1.54, 1.807) is 6.07 Å². The minimum atomic E-state index is -4.44. The largest absolute Gasteiger partial charge is 1.00 e. The van der Waals surface area contributed by atoms with Gasteiger partial charge in [0.05, 0.1) is 4.90 Å². The first-order valence-corrected chi connectivity index (χ1v) is 7.39. The third kappa shape index (κ3) is 3.47. The van der Waals surface area contributed by atoms with Crippen molar-refractivity contribution in [3.8, 4) is 0 Å². The summed E-state index contributed by atoms with van der Waals surface area (Å²) in [6.07, 6.45) is 1.51. The standard InChI is InChI=1S/C14H16O3S.K/c1-3-10-8-9-11(4-2)14-12(10)6-5-7-13(14)18(15,16)17;/h5-9H,3-4H2,1-2H3,(H,15,16,17);/q;+1/p-1. The summed E-state index contributed by atoms with van der Waals surface area (Å²) in [7, 11) is -4.44.